The van der Waals surface area contributed by atoms with E-state index in [1.165, 1.54) is 0 Å². The van der Waals surface area contributed by atoms with Crippen LogP contribution >= 0.6 is 0 Å². The number of nitrogens with one attached hydrogen (secondary N) is 1. The van der Waals surface area contributed by atoms with Crippen LogP contribution in [-0.4, -0.2) is 19.1 Å². The minimum absolute atomic E-state index is 0.123. The second-order valence-corrected chi connectivity index (χ2v) is 5.31. The van der Waals surface area contributed by atoms with E-state index in [9.17, 15) is 4.79 Å². The van der Waals surface area contributed by atoms with Crippen LogP contribution in [0.5, 0.6) is 11.5 Å². The van der Waals surface area contributed by atoms with E-state index in [4.69, 9.17) is 9.47 Å². The lowest BCUT2D eigenvalue weighted by Crippen LogP contribution is -2.37. The number of methoxy groups -OCH3 is 1. The van der Waals surface area contributed by atoms with Crippen LogP contribution in [-0.2, 0) is 11.3 Å². The first-order valence-corrected chi connectivity index (χ1v) is 7.77. The summed E-state index contributed by atoms with van der Waals surface area (Å²) in [6.07, 6.45) is 0.0948. The molecule has 0 bridgehead atoms. The molecule has 0 unspecified atom stereocenters. The predicted molar refractivity (Wildman–Crippen MR) is 90.7 cm³/mol. The summed E-state index contributed by atoms with van der Waals surface area (Å²) in [5.74, 6) is 1.38. The molecule has 122 valence electrons. The number of benzene rings is 2. The Bertz CT molecular complexity index is 655. The number of para-hydroxylation sites is 2. The molecule has 0 heterocycles. The molecule has 23 heavy (non-hydrogen) atoms. The molecule has 1 N–H and O–H groups in total. The lowest BCUT2D eigenvalue weighted by molar-refractivity contribution is -0.128. The number of hydrogen-bond acceptors (Lipinski definition) is 3. The minimum Gasteiger partial charge on any atom is -0.496 e. The molecule has 2 aromatic carbocycles. The zero-order valence-electron chi connectivity index (χ0n) is 13.8. The maximum absolute atomic E-state index is 12.4. The number of carbonyl (C=O) groups is 1. The van der Waals surface area contributed by atoms with E-state index in [0.717, 1.165) is 22.6 Å². The molecule has 0 aromatic heterocycles. The van der Waals surface area contributed by atoms with Gasteiger partial charge in [0.05, 0.1) is 7.11 Å². The van der Waals surface area contributed by atoms with Crippen molar-refractivity contribution in [2.45, 2.75) is 32.9 Å². The molecule has 2 aromatic rings. The van der Waals surface area contributed by atoms with Crippen molar-refractivity contribution >= 4 is 5.91 Å². The maximum Gasteiger partial charge on any atom is 0.261 e. The molecule has 1 atom stereocenters. The normalized spacial score (nSPS) is 11.6. The molecule has 0 saturated carbocycles. The maximum atomic E-state index is 12.4. The highest BCUT2D eigenvalue weighted by Crippen LogP contribution is 2.20. The SMILES string of the molecule is CC[C@@H](Oc1ccccc1C)C(=O)NCc1ccccc1OC. The van der Waals surface area contributed by atoms with Crippen LogP contribution in [0.15, 0.2) is 48.5 Å². The molecular formula is C19H23NO3. The number of amides is 1. The zero-order valence-corrected chi connectivity index (χ0v) is 13.8. The van der Waals surface area contributed by atoms with Crippen molar-refractivity contribution in [2.24, 2.45) is 0 Å². The topological polar surface area (TPSA) is 47.6 Å². The summed E-state index contributed by atoms with van der Waals surface area (Å²) in [6, 6.07) is 15.3. The lowest BCUT2D eigenvalue weighted by atomic mass is 10.2. The van der Waals surface area contributed by atoms with Crippen LogP contribution in [0.2, 0.25) is 0 Å². The lowest BCUT2D eigenvalue weighted by Gasteiger charge is -2.19. The molecule has 0 radical (unpaired) electrons. The van der Waals surface area contributed by atoms with Crippen molar-refractivity contribution in [3.63, 3.8) is 0 Å². The van der Waals surface area contributed by atoms with E-state index < -0.39 is 6.10 Å². The fourth-order valence-electron chi connectivity index (χ4n) is 2.31. The Labute approximate surface area is 137 Å². The van der Waals surface area contributed by atoms with Crippen molar-refractivity contribution in [1.29, 1.82) is 0 Å². The quantitative estimate of drug-likeness (QED) is 0.851. The van der Waals surface area contributed by atoms with Gasteiger partial charge in [0.2, 0.25) is 0 Å². The molecule has 0 fully saturated rings. The monoisotopic (exact) mass is 313 g/mol. The van der Waals surface area contributed by atoms with Gasteiger partial charge in [-0.2, -0.15) is 0 Å². The summed E-state index contributed by atoms with van der Waals surface area (Å²) in [5.41, 5.74) is 1.96. The molecule has 4 nitrogen and oxygen atoms in total. The molecule has 0 aliphatic rings. The Hall–Kier alpha value is -2.49. The van der Waals surface area contributed by atoms with Gasteiger partial charge >= 0.3 is 0 Å². The van der Waals surface area contributed by atoms with Gasteiger partial charge in [-0.1, -0.05) is 43.3 Å². The molecule has 0 aliphatic heterocycles. The van der Waals surface area contributed by atoms with Crippen LogP contribution in [0.1, 0.15) is 24.5 Å². The standard InChI is InChI=1S/C19H23NO3/c1-4-16(23-17-11-7-5-9-14(17)2)19(21)20-13-15-10-6-8-12-18(15)22-3/h5-12,16H,4,13H2,1-3H3,(H,20,21)/t16-/m1/s1. The summed E-state index contributed by atoms with van der Waals surface area (Å²) in [4.78, 5) is 12.4. The molecule has 0 spiro atoms. The van der Waals surface area contributed by atoms with Crippen molar-refractivity contribution in [3.8, 4) is 11.5 Å². The van der Waals surface area contributed by atoms with E-state index >= 15 is 0 Å². The highest BCUT2D eigenvalue weighted by atomic mass is 16.5. The minimum atomic E-state index is -0.509. The Morgan fingerprint density at radius 2 is 1.74 bits per heavy atom. The average Bonchev–Trinajstić information content (AvgIpc) is 2.59. The number of ether oxygens (including phenoxy) is 2. The van der Waals surface area contributed by atoms with Crippen LogP contribution in [0.4, 0.5) is 0 Å². The summed E-state index contributed by atoms with van der Waals surface area (Å²) in [7, 11) is 1.62. The van der Waals surface area contributed by atoms with Gasteiger partial charge in [0.1, 0.15) is 11.5 Å². The van der Waals surface area contributed by atoms with E-state index in [2.05, 4.69) is 5.32 Å². The van der Waals surface area contributed by atoms with Gasteiger partial charge in [-0.25, -0.2) is 0 Å². The summed E-state index contributed by atoms with van der Waals surface area (Å²) in [6.45, 7) is 4.32. The highest BCUT2D eigenvalue weighted by Gasteiger charge is 2.19. The number of aryl methyl sites for hydroxylation is 1. The van der Waals surface area contributed by atoms with Crippen LogP contribution in [0, 0.1) is 6.92 Å². The Morgan fingerprint density at radius 1 is 1.09 bits per heavy atom. The smallest absolute Gasteiger partial charge is 0.261 e. The van der Waals surface area contributed by atoms with Gasteiger partial charge in [-0.3, -0.25) is 4.79 Å². The van der Waals surface area contributed by atoms with Crippen molar-refractivity contribution in [3.05, 3.63) is 59.7 Å². The van der Waals surface area contributed by atoms with Gasteiger partial charge in [0.15, 0.2) is 6.10 Å². The second-order valence-electron chi connectivity index (χ2n) is 5.31. The third kappa shape index (κ3) is 4.49. The molecule has 1 amide bonds. The molecule has 0 saturated heterocycles. The predicted octanol–water partition coefficient (Wildman–Crippen LogP) is 3.48. The van der Waals surface area contributed by atoms with E-state index in [1.807, 2.05) is 62.4 Å². The van der Waals surface area contributed by atoms with Gasteiger partial charge in [-0.15, -0.1) is 0 Å². The third-order valence-electron chi connectivity index (χ3n) is 3.67. The van der Waals surface area contributed by atoms with Gasteiger partial charge in [0, 0.05) is 12.1 Å². The fourth-order valence-corrected chi connectivity index (χ4v) is 2.31. The first-order valence-electron chi connectivity index (χ1n) is 7.77. The van der Waals surface area contributed by atoms with E-state index in [1.54, 1.807) is 7.11 Å². The van der Waals surface area contributed by atoms with Crippen LogP contribution < -0.4 is 14.8 Å². The van der Waals surface area contributed by atoms with Crippen molar-refractivity contribution in [1.82, 2.24) is 5.32 Å². The second kappa shape index (κ2) is 8.22. The Balaban J connectivity index is 1.99. The molecule has 0 aliphatic carbocycles. The third-order valence-corrected chi connectivity index (χ3v) is 3.67. The molecule has 4 heteroatoms. The van der Waals surface area contributed by atoms with Gasteiger partial charge < -0.3 is 14.8 Å². The largest absolute Gasteiger partial charge is 0.496 e. The molecular weight excluding hydrogens is 290 g/mol. The first kappa shape index (κ1) is 16.9. The first-order chi connectivity index (χ1) is 11.2. The Kier molecular flexibility index (Phi) is 6.03. The van der Waals surface area contributed by atoms with E-state index in [-0.39, 0.29) is 5.91 Å². The van der Waals surface area contributed by atoms with Crippen molar-refractivity contribution < 1.29 is 14.3 Å². The summed E-state index contributed by atoms with van der Waals surface area (Å²) >= 11 is 0. The fraction of sp³-hybridized carbons (Fsp3) is 0.316. The number of hydrogen-bond donors (Lipinski definition) is 1. The van der Waals surface area contributed by atoms with Gasteiger partial charge in [0.25, 0.3) is 5.91 Å². The van der Waals surface area contributed by atoms with E-state index in [0.29, 0.717) is 13.0 Å². The van der Waals surface area contributed by atoms with Gasteiger partial charge in [-0.05, 0) is 31.0 Å². The number of rotatable bonds is 7. The molecule has 2 rings (SSSR count). The zero-order chi connectivity index (χ0) is 16.7. The Morgan fingerprint density at radius 3 is 2.39 bits per heavy atom. The van der Waals surface area contributed by atoms with Crippen molar-refractivity contribution in [2.75, 3.05) is 7.11 Å². The highest BCUT2D eigenvalue weighted by molar-refractivity contribution is 5.81. The summed E-state index contributed by atoms with van der Waals surface area (Å²) < 4.78 is 11.2. The number of carbonyl (C=O) groups excluding carboxylic acids is 1. The average molecular weight is 313 g/mol. The van der Waals surface area contributed by atoms with Crippen LogP contribution in [0.3, 0.4) is 0 Å². The summed E-state index contributed by atoms with van der Waals surface area (Å²) in [5, 5.41) is 2.92. The van der Waals surface area contributed by atoms with Crippen LogP contribution in [0.25, 0.3) is 0 Å².